The van der Waals surface area contributed by atoms with E-state index in [2.05, 4.69) is 36.5 Å². The molecule has 2 N–H and O–H groups in total. The Kier molecular flexibility index (Phi) is 4.97. The van der Waals surface area contributed by atoms with Crippen molar-refractivity contribution in [3.63, 3.8) is 0 Å². The topological polar surface area (TPSA) is 59.0 Å². The molecule has 1 amide bonds. The summed E-state index contributed by atoms with van der Waals surface area (Å²) in [5.41, 5.74) is 0.854. The van der Waals surface area contributed by atoms with E-state index in [0.29, 0.717) is 6.54 Å². The maximum absolute atomic E-state index is 11.9. The summed E-state index contributed by atoms with van der Waals surface area (Å²) >= 11 is 0. The quantitative estimate of drug-likeness (QED) is 0.887. The molecule has 0 aliphatic heterocycles. The maximum atomic E-state index is 11.9. The number of hydrogen-bond acceptors (Lipinski definition) is 3. The van der Waals surface area contributed by atoms with Gasteiger partial charge in [-0.2, -0.15) is 5.10 Å². The Morgan fingerprint density at radius 2 is 1.90 bits per heavy atom. The van der Waals surface area contributed by atoms with Gasteiger partial charge in [0.25, 0.3) is 0 Å². The van der Waals surface area contributed by atoms with Gasteiger partial charge in [0.1, 0.15) is 0 Å². The molecule has 20 heavy (non-hydrogen) atoms. The fourth-order valence-corrected chi connectivity index (χ4v) is 1.66. The van der Waals surface area contributed by atoms with Crippen molar-refractivity contribution in [2.24, 2.45) is 0 Å². The van der Waals surface area contributed by atoms with E-state index in [1.807, 2.05) is 44.8 Å². The van der Waals surface area contributed by atoms with Crippen LogP contribution in [0.15, 0.2) is 12.4 Å². The van der Waals surface area contributed by atoms with Crippen LogP contribution < -0.4 is 10.6 Å². The standard InChI is InChI=1S/C15H28N4O/c1-11(13(20)18-14(2,3)4)16-8-12-9-17-19(10-12)15(5,6)7/h9-11,16H,8H2,1-7H3,(H,18,20). The number of nitrogens with one attached hydrogen (secondary N) is 2. The lowest BCUT2D eigenvalue weighted by Crippen LogP contribution is -2.49. The molecule has 0 aliphatic rings. The number of amides is 1. The second-order valence-electron chi connectivity index (χ2n) is 7.31. The van der Waals surface area contributed by atoms with Gasteiger partial charge < -0.3 is 10.6 Å². The van der Waals surface area contributed by atoms with Crippen LogP contribution in [0, 0.1) is 0 Å². The molecular weight excluding hydrogens is 252 g/mol. The second kappa shape index (κ2) is 5.95. The highest BCUT2D eigenvalue weighted by molar-refractivity contribution is 5.81. The molecule has 0 fully saturated rings. The maximum Gasteiger partial charge on any atom is 0.237 e. The van der Waals surface area contributed by atoms with Crippen molar-refractivity contribution in [3.05, 3.63) is 18.0 Å². The monoisotopic (exact) mass is 280 g/mol. The fourth-order valence-electron chi connectivity index (χ4n) is 1.66. The van der Waals surface area contributed by atoms with E-state index >= 15 is 0 Å². The Bertz CT molecular complexity index is 451. The first kappa shape index (κ1) is 16.7. The van der Waals surface area contributed by atoms with Crippen molar-refractivity contribution in [2.45, 2.75) is 72.1 Å². The highest BCUT2D eigenvalue weighted by Crippen LogP contribution is 2.13. The fraction of sp³-hybridized carbons (Fsp3) is 0.733. The van der Waals surface area contributed by atoms with Gasteiger partial charge in [0.15, 0.2) is 0 Å². The van der Waals surface area contributed by atoms with Gasteiger partial charge in [0.2, 0.25) is 5.91 Å². The highest BCUT2D eigenvalue weighted by atomic mass is 16.2. The molecule has 0 aliphatic carbocycles. The van der Waals surface area contributed by atoms with E-state index in [0.717, 1.165) is 5.56 Å². The van der Waals surface area contributed by atoms with Gasteiger partial charge in [-0.1, -0.05) is 0 Å². The Morgan fingerprint density at radius 3 is 2.35 bits per heavy atom. The van der Waals surface area contributed by atoms with Crippen LogP contribution in [0.5, 0.6) is 0 Å². The van der Waals surface area contributed by atoms with Gasteiger partial charge in [0.05, 0.1) is 17.8 Å². The molecule has 0 saturated carbocycles. The number of aromatic nitrogens is 2. The van der Waals surface area contributed by atoms with Gasteiger partial charge >= 0.3 is 0 Å². The predicted octanol–water partition coefficient (Wildman–Crippen LogP) is 2.03. The van der Waals surface area contributed by atoms with Crippen LogP contribution in [0.1, 0.15) is 54.0 Å². The van der Waals surface area contributed by atoms with E-state index in [-0.39, 0.29) is 23.0 Å². The Labute approximate surface area is 122 Å². The van der Waals surface area contributed by atoms with Gasteiger partial charge in [-0.3, -0.25) is 9.48 Å². The predicted molar refractivity (Wildman–Crippen MR) is 81.4 cm³/mol. The zero-order valence-corrected chi connectivity index (χ0v) is 13.7. The van der Waals surface area contributed by atoms with Gasteiger partial charge in [-0.05, 0) is 48.5 Å². The minimum absolute atomic E-state index is 0.0145. The van der Waals surface area contributed by atoms with Crippen molar-refractivity contribution < 1.29 is 4.79 Å². The van der Waals surface area contributed by atoms with Gasteiger partial charge in [0, 0.05) is 23.8 Å². The molecule has 1 atom stereocenters. The molecule has 1 aromatic rings. The minimum Gasteiger partial charge on any atom is -0.350 e. The molecule has 1 aromatic heterocycles. The molecule has 114 valence electrons. The highest BCUT2D eigenvalue weighted by Gasteiger charge is 2.19. The van der Waals surface area contributed by atoms with Crippen molar-refractivity contribution >= 4 is 5.91 Å². The lowest BCUT2D eigenvalue weighted by Gasteiger charge is -2.23. The third-order valence-electron chi connectivity index (χ3n) is 2.83. The molecule has 0 spiro atoms. The Hall–Kier alpha value is -1.36. The average Bonchev–Trinajstić information content (AvgIpc) is 2.71. The number of carbonyl (C=O) groups is 1. The number of nitrogens with zero attached hydrogens (tertiary/aromatic N) is 2. The summed E-state index contributed by atoms with van der Waals surface area (Å²) in [5, 5.41) is 10.5. The molecule has 1 heterocycles. The van der Waals surface area contributed by atoms with Crippen LogP contribution >= 0.6 is 0 Å². The van der Waals surface area contributed by atoms with Crippen LogP contribution in [-0.2, 0) is 16.9 Å². The zero-order chi connectivity index (χ0) is 15.6. The summed E-state index contributed by atoms with van der Waals surface area (Å²) in [6.07, 6.45) is 3.86. The molecule has 1 rings (SSSR count). The number of rotatable bonds is 4. The van der Waals surface area contributed by atoms with Crippen molar-refractivity contribution in [1.82, 2.24) is 20.4 Å². The molecule has 0 radical (unpaired) electrons. The van der Waals surface area contributed by atoms with E-state index in [1.165, 1.54) is 0 Å². The molecule has 5 heteroatoms. The van der Waals surface area contributed by atoms with Crippen molar-refractivity contribution in [1.29, 1.82) is 0 Å². The lowest BCUT2D eigenvalue weighted by molar-refractivity contribution is -0.124. The summed E-state index contributed by atoms with van der Waals surface area (Å²) in [6.45, 7) is 14.8. The molecule has 1 unspecified atom stereocenters. The third kappa shape index (κ3) is 5.33. The van der Waals surface area contributed by atoms with Crippen molar-refractivity contribution in [3.8, 4) is 0 Å². The molecule has 0 bridgehead atoms. The Balaban J connectivity index is 2.51. The van der Waals surface area contributed by atoms with Crippen LogP contribution in [-0.4, -0.2) is 27.3 Å². The van der Waals surface area contributed by atoms with Crippen molar-refractivity contribution in [2.75, 3.05) is 0 Å². The minimum atomic E-state index is -0.229. The molecular formula is C15H28N4O. The summed E-state index contributed by atoms with van der Waals surface area (Å²) in [7, 11) is 0. The summed E-state index contributed by atoms with van der Waals surface area (Å²) in [4.78, 5) is 11.9. The van der Waals surface area contributed by atoms with E-state index in [4.69, 9.17) is 0 Å². The Morgan fingerprint density at radius 1 is 1.30 bits per heavy atom. The second-order valence-corrected chi connectivity index (χ2v) is 7.31. The van der Waals surface area contributed by atoms with Crippen LogP contribution in [0.2, 0.25) is 0 Å². The molecule has 0 saturated heterocycles. The summed E-state index contributed by atoms with van der Waals surface area (Å²) in [6, 6.07) is -0.229. The van der Waals surface area contributed by atoms with Crippen LogP contribution in [0.3, 0.4) is 0 Å². The molecule has 0 aromatic carbocycles. The third-order valence-corrected chi connectivity index (χ3v) is 2.83. The average molecular weight is 280 g/mol. The van der Waals surface area contributed by atoms with Gasteiger partial charge in [-0.15, -0.1) is 0 Å². The number of carbonyl (C=O) groups excluding carboxylic acids is 1. The lowest BCUT2D eigenvalue weighted by atomic mass is 10.1. The largest absolute Gasteiger partial charge is 0.350 e. The van der Waals surface area contributed by atoms with Crippen LogP contribution in [0.4, 0.5) is 0 Å². The van der Waals surface area contributed by atoms with Gasteiger partial charge in [-0.25, -0.2) is 0 Å². The SMILES string of the molecule is CC(NCc1cnn(C(C)(C)C)c1)C(=O)NC(C)(C)C. The first-order valence-corrected chi connectivity index (χ1v) is 7.08. The normalized spacial score (nSPS) is 14.2. The van der Waals surface area contributed by atoms with E-state index < -0.39 is 0 Å². The first-order valence-electron chi connectivity index (χ1n) is 7.08. The summed E-state index contributed by atoms with van der Waals surface area (Å²) < 4.78 is 1.93. The smallest absolute Gasteiger partial charge is 0.237 e. The number of hydrogen-bond donors (Lipinski definition) is 2. The molecule has 5 nitrogen and oxygen atoms in total. The zero-order valence-electron chi connectivity index (χ0n) is 13.7. The first-order chi connectivity index (χ1) is 8.99. The van der Waals surface area contributed by atoms with Crippen LogP contribution in [0.25, 0.3) is 0 Å². The van der Waals surface area contributed by atoms with E-state index in [9.17, 15) is 4.79 Å². The van der Waals surface area contributed by atoms with E-state index in [1.54, 1.807) is 0 Å². The summed E-state index contributed by atoms with van der Waals surface area (Å²) in [5.74, 6) is 0.0145.